The maximum atomic E-state index is 13.0. The first kappa shape index (κ1) is 78.1. The van der Waals surface area contributed by atoms with Crippen LogP contribution in [0.25, 0.3) is 0 Å². The summed E-state index contributed by atoms with van der Waals surface area (Å²) >= 11 is 0. The van der Waals surface area contributed by atoms with Gasteiger partial charge in [-0.15, -0.1) is 0 Å². The molecule has 6 heteroatoms. The molecule has 81 heavy (non-hydrogen) atoms. The van der Waals surface area contributed by atoms with Crippen LogP contribution < -0.4 is 0 Å². The third-order valence-electron chi connectivity index (χ3n) is 16.0. The third-order valence-corrected chi connectivity index (χ3v) is 16.0. The van der Waals surface area contributed by atoms with Crippen LogP contribution in [-0.4, -0.2) is 37.2 Å². The first-order valence-corrected chi connectivity index (χ1v) is 35.8. The minimum Gasteiger partial charge on any atom is -0.462 e. The summed E-state index contributed by atoms with van der Waals surface area (Å²) in [5.41, 5.74) is 0. The molecule has 0 fully saturated rings. The molecule has 0 N–H and O–H groups in total. The number of rotatable bonds is 66. The molecule has 1 atom stereocenters. The van der Waals surface area contributed by atoms with Crippen molar-refractivity contribution in [3.8, 4) is 0 Å². The van der Waals surface area contributed by atoms with E-state index < -0.39 is 6.10 Å². The molecule has 0 saturated heterocycles. The van der Waals surface area contributed by atoms with Crippen molar-refractivity contribution < 1.29 is 28.6 Å². The number of unbranched alkanes of at least 4 members (excludes halogenated alkanes) is 45. The predicted molar refractivity (Wildman–Crippen MR) is 353 cm³/mol. The average molecular weight is 1130 g/mol. The second-order valence-electron chi connectivity index (χ2n) is 24.1. The number of hydrogen-bond donors (Lipinski definition) is 0. The normalized spacial score (nSPS) is 12.4. The van der Waals surface area contributed by atoms with Gasteiger partial charge in [0.1, 0.15) is 13.2 Å². The zero-order valence-electron chi connectivity index (χ0n) is 54.3. The molecule has 1 unspecified atom stereocenters. The number of ether oxygens (including phenoxy) is 3. The molecule has 6 nitrogen and oxygen atoms in total. The second kappa shape index (κ2) is 69.6. The molecule has 0 spiro atoms. The zero-order chi connectivity index (χ0) is 58.5. The van der Waals surface area contributed by atoms with Crippen LogP contribution in [0.5, 0.6) is 0 Å². The Kier molecular flexibility index (Phi) is 67.1. The Hall–Kier alpha value is -2.89. The molecular weight excluding hydrogens is 997 g/mol. The number of carbonyl (C=O) groups is 3. The molecule has 0 bridgehead atoms. The Balaban J connectivity index is 4.34. The van der Waals surface area contributed by atoms with Crippen molar-refractivity contribution in [3.63, 3.8) is 0 Å². The van der Waals surface area contributed by atoms with Crippen LogP contribution in [-0.2, 0) is 28.6 Å². The molecule has 0 aliphatic rings. The number of esters is 3. The third kappa shape index (κ3) is 67.8. The van der Waals surface area contributed by atoms with E-state index in [1.54, 1.807) is 0 Å². The molecule has 0 radical (unpaired) electrons. The Morgan fingerprint density at radius 1 is 0.247 bits per heavy atom. The largest absolute Gasteiger partial charge is 0.462 e. The lowest BCUT2D eigenvalue weighted by Gasteiger charge is -2.18. The summed E-state index contributed by atoms with van der Waals surface area (Å²) in [5, 5.41) is 0. The van der Waals surface area contributed by atoms with Crippen LogP contribution >= 0.6 is 0 Å². The molecule has 0 aromatic heterocycles. The fourth-order valence-corrected chi connectivity index (χ4v) is 10.6. The summed E-state index contributed by atoms with van der Waals surface area (Å²) in [6.07, 6.45) is 89.6. The van der Waals surface area contributed by atoms with Gasteiger partial charge in [-0.05, 0) is 109 Å². The summed E-state index contributed by atoms with van der Waals surface area (Å²) in [6.45, 7) is 6.67. The summed E-state index contributed by atoms with van der Waals surface area (Å²) in [4.78, 5) is 38.5. The van der Waals surface area contributed by atoms with Gasteiger partial charge in [-0.2, -0.15) is 0 Å². The zero-order valence-corrected chi connectivity index (χ0v) is 54.3. The summed E-state index contributed by atoms with van der Waals surface area (Å²) in [7, 11) is 0. The van der Waals surface area contributed by atoms with E-state index in [-0.39, 0.29) is 31.1 Å². The number of allylic oxidation sites excluding steroid dienone is 10. The van der Waals surface area contributed by atoms with E-state index in [9.17, 15) is 14.4 Å². The fraction of sp³-hybridized carbons (Fsp3) is 0.827. The van der Waals surface area contributed by atoms with Gasteiger partial charge in [0.25, 0.3) is 0 Å². The second-order valence-corrected chi connectivity index (χ2v) is 24.1. The molecule has 0 aliphatic carbocycles. The molecule has 0 amide bonds. The van der Waals surface area contributed by atoms with Gasteiger partial charge in [0.15, 0.2) is 6.10 Å². The van der Waals surface area contributed by atoms with E-state index in [1.807, 2.05) is 0 Å². The van der Waals surface area contributed by atoms with Crippen molar-refractivity contribution in [1.29, 1.82) is 0 Å². The Morgan fingerprint density at radius 3 is 0.704 bits per heavy atom. The van der Waals surface area contributed by atoms with Gasteiger partial charge in [0.2, 0.25) is 0 Å². The minimum atomic E-state index is -0.785. The van der Waals surface area contributed by atoms with Crippen LogP contribution in [0.3, 0.4) is 0 Å². The maximum absolute atomic E-state index is 13.0. The molecule has 0 rings (SSSR count). The highest BCUT2D eigenvalue weighted by molar-refractivity contribution is 5.71. The maximum Gasteiger partial charge on any atom is 0.306 e. The molecular formula is C75H136O6. The van der Waals surface area contributed by atoms with Crippen LogP contribution in [0.2, 0.25) is 0 Å². The van der Waals surface area contributed by atoms with Gasteiger partial charge < -0.3 is 14.2 Å². The van der Waals surface area contributed by atoms with E-state index in [0.29, 0.717) is 19.3 Å². The van der Waals surface area contributed by atoms with Crippen molar-refractivity contribution >= 4 is 17.9 Å². The lowest BCUT2D eigenvalue weighted by atomic mass is 10.0. The van der Waals surface area contributed by atoms with Crippen LogP contribution in [0.4, 0.5) is 0 Å². The first-order chi connectivity index (χ1) is 40.0. The van der Waals surface area contributed by atoms with Gasteiger partial charge in [-0.3, -0.25) is 14.4 Å². The van der Waals surface area contributed by atoms with Crippen molar-refractivity contribution in [3.05, 3.63) is 60.8 Å². The van der Waals surface area contributed by atoms with Gasteiger partial charge in [0.05, 0.1) is 0 Å². The van der Waals surface area contributed by atoms with E-state index in [2.05, 4.69) is 81.5 Å². The van der Waals surface area contributed by atoms with Crippen LogP contribution in [0.1, 0.15) is 380 Å². The van der Waals surface area contributed by atoms with Crippen molar-refractivity contribution in [1.82, 2.24) is 0 Å². The Morgan fingerprint density at radius 2 is 0.444 bits per heavy atom. The fourth-order valence-electron chi connectivity index (χ4n) is 10.6. The van der Waals surface area contributed by atoms with Crippen molar-refractivity contribution in [2.24, 2.45) is 0 Å². The summed E-state index contributed by atoms with van der Waals surface area (Å²) in [6, 6.07) is 0. The number of hydrogen-bond acceptors (Lipinski definition) is 6. The van der Waals surface area contributed by atoms with Crippen LogP contribution in [0, 0.1) is 0 Å². The van der Waals surface area contributed by atoms with Crippen molar-refractivity contribution in [2.75, 3.05) is 13.2 Å². The first-order valence-electron chi connectivity index (χ1n) is 35.8. The number of carbonyl (C=O) groups excluding carboxylic acids is 3. The monoisotopic (exact) mass is 1130 g/mol. The van der Waals surface area contributed by atoms with Gasteiger partial charge in [-0.1, -0.05) is 313 Å². The SMILES string of the molecule is CCCCCCC/C=C\C/C=C\C/C=C\CCCCCCCCC(=O)OC(COC(=O)CCCCCCCCC/C=C\CCCCCCCC)COC(=O)CCCCCCCCCCCCCCC/C=C\CCCCCCCCCC. The topological polar surface area (TPSA) is 78.9 Å². The highest BCUT2D eigenvalue weighted by atomic mass is 16.6. The lowest BCUT2D eigenvalue weighted by Crippen LogP contribution is -2.30. The highest BCUT2D eigenvalue weighted by Crippen LogP contribution is 2.17. The predicted octanol–water partition coefficient (Wildman–Crippen LogP) is 24.7. The van der Waals surface area contributed by atoms with Gasteiger partial charge >= 0.3 is 17.9 Å². The average Bonchev–Trinajstić information content (AvgIpc) is 3.47. The van der Waals surface area contributed by atoms with Gasteiger partial charge in [-0.25, -0.2) is 0 Å². The summed E-state index contributed by atoms with van der Waals surface area (Å²) < 4.78 is 17.0. The lowest BCUT2D eigenvalue weighted by molar-refractivity contribution is -0.167. The molecule has 472 valence electrons. The van der Waals surface area contributed by atoms with Crippen LogP contribution in [0.15, 0.2) is 60.8 Å². The quantitative estimate of drug-likeness (QED) is 0.0261. The van der Waals surface area contributed by atoms with E-state index >= 15 is 0 Å². The molecule has 0 saturated carbocycles. The van der Waals surface area contributed by atoms with Gasteiger partial charge in [0, 0.05) is 19.3 Å². The van der Waals surface area contributed by atoms with E-state index in [1.165, 1.54) is 257 Å². The molecule has 0 aliphatic heterocycles. The Labute approximate surface area is 504 Å². The molecule has 0 heterocycles. The molecule has 0 aromatic rings. The Bertz CT molecular complexity index is 1440. The summed E-state index contributed by atoms with van der Waals surface area (Å²) in [5.74, 6) is -0.873. The highest BCUT2D eigenvalue weighted by Gasteiger charge is 2.19. The smallest absolute Gasteiger partial charge is 0.306 e. The minimum absolute atomic E-state index is 0.0784. The standard InChI is InChI=1S/C75H136O6/c1-4-7-10-13-16-19-22-25-28-31-33-35-36-37-38-40-41-44-47-50-53-56-59-62-65-68-74(77)80-71-72(70-79-73(76)67-64-61-58-55-52-49-46-43-30-27-24-21-18-15-12-9-6-3)81-75(78)69-66-63-60-57-54-51-48-45-42-39-34-32-29-26-23-20-17-14-11-8-5-2/h23,26-27,30-34,42,45,72H,4-22,24-25,28-29,35-41,43-44,46-71H2,1-3H3/b26-23-,30-27-,33-31-,34-32-,45-42-. The van der Waals surface area contributed by atoms with Crippen molar-refractivity contribution in [2.45, 2.75) is 386 Å². The molecule has 0 aromatic carbocycles. The van der Waals surface area contributed by atoms with E-state index in [4.69, 9.17) is 14.2 Å². The van der Waals surface area contributed by atoms with E-state index in [0.717, 1.165) is 83.5 Å².